The van der Waals surface area contributed by atoms with Crippen molar-refractivity contribution in [3.63, 3.8) is 0 Å². The summed E-state index contributed by atoms with van der Waals surface area (Å²) in [4.78, 5) is 49.9. The number of anilines is 2. The summed E-state index contributed by atoms with van der Waals surface area (Å²) in [5.74, 6) is -2.91. The third-order valence-corrected chi connectivity index (χ3v) is 4.77. The molecule has 5 amide bonds. The summed E-state index contributed by atoms with van der Waals surface area (Å²) in [6.45, 7) is -0.677. The fourth-order valence-corrected chi connectivity index (χ4v) is 3.04. The molecule has 28 heavy (non-hydrogen) atoms. The third kappa shape index (κ3) is 3.75. The van der Waals surface area contributed by atoms with Crippen molar-refractivity contribution in [2.75, 3.05) is 16.8 Å². The highest BCUT2D eigenvalue weighted by molar-refractivity contribution is 7.89. The maximum Gasteiger partial charge on any atom is 0.339 e. The van der Waals surface area contributed by atoms with Gasteiger partial charge in [0.05, 0.1) is 10.6 Å². The van der Waals surface area contributed by atoms with Crippen LogP contribution >= 0.6 is 0 Å². The first-order valence-corrected chi connectivity index (χ1v) is 9.41. The van der Waals surface area contributed by atoms with Gasteiger partial charge in [-0.15, -0.1) is 0 Å². The lowest BCUT2D eigenvalue weighted by molar-refractivity contribution is -0.140. The molecule has 3 N–H and O–H groups in total. The first kappa shape index (κ1) is 19.2. The predicted molar refractivity (Wildman–Crippen MR) is 97.5 cm³/mol. The zero-order valence-electron chi connectivity index (χ0n) is 14.2. The lowest BCUT2D eigenvalue weighted by Crippen LogP contribution is -2.39. The van der Waals surface area contributed by atoms with Crippen LogP contribution in [0.2, 0.25) is 0 Å². The molecule has 0 spiro atoms. The highest BCUT2D eigenvalue weighted by Crippen LogP contribution is 2.21. The van der Waals surface area contributed by atoms with E-state index in [9.17, 15) is 27.6 Å². The molecule has 1 fully saturated rings. The fourth-order valence-electron chi connectivity index (χ4n) is 2.52. The molecule has 144 valence electrons. The van der Waals surface area contributed by atoms with Crippen molar-refractivity contribution in [3.05, 3.63) is 54.6 Å². The lowest BCUT2D eigenvalue weighted by Gasteiger charge is -2.15. The number of sulfonamides is 1. The molecule has 0 atom stereocenters. The summed E-state index contributed by atoms with van der Waals surface area (Å²) in [7, 11) is -3.87. The zero-order valence-corrected chi connectivity index (χ0v) is 15.0. The van der Waals surface area contributed by atoms with Gasteiger partial charge in [-0.1, -0.05) is 18.2 Å². The molecule has 11 heteroatoms. The van der Waals surface area contributed by atoms with Gasteiger partial charge in [0.25, 0.3) is 0 Å². The van der Waals surface area contributed by atoms with Gasteiger partial charge in [0.15, 0.2) is 0 Å². The number of benzene rings is 2. The van der Waals surface area contributed by atoms with Gasteiger partial charge in [0.1, 0.15) is 6.54 Å². The second-order valence-corrected chi connectivity index (χ2v) is 7.33. The Bertz CT molecular complexity index is 1070. The molecule has 0 aliphatic carbocycles. The quantitative estimate of drug-likeness (QED) is 0.542. The van der Waals surface area contributed by atoms with E-state index in [1.54, 1.807) is 18.2 Å². The molecular formula is C17H14N4O6S. The first-order chi connectivity index (χ1) is 13.2. The van der Waals surface area contributed by atoms with Gasteiger partial charge in [0.2, 0.25) is 15.9 Å². The smallest absolute Gasteiger partial charge is 0.325 e. The molecule has 1 saturated heterocycles. The summed E-state index contributed by atoms with van der Waals surface area (Å²) in [5, 5.41) is 7.40. The molecule has 0 unspecified atom stereocenters. The van der Waals surface area contributed by atoms with Crippen LogP contribution in [0, 0.1) is 0 Å². The monoisotopic (exact) mass is 402 g/mol. The normalized spacial score (nSPS) is 14.5. The number of amides is 5. The molecule has 2 aromatic carbocycles. The van der Waals surface area contributed by atoms with Crippen LogP contribution in [0.4, 0.5) is 16.2 Å². The van der Waals surface area contributed by atoms with Gasteiger partial charge in [-0.25, -0.2) is 28.2 Å². The Morgan fingerprint density at radius 1 is 0.929 bits per heavy atom. The van der Waals surface area contributed by atoms with Crippen LogP contribution in [0.5, 0.6) is 0 Å². The molecule has 0 aromatic heterocycles. The number of imide groups is 2. The Hall–Kier alpha value is -3.57. The van der Waals surface area contributed by atoms with Gasteiger partial charge in [-0.3, -0.25) is 14.4 Å². The maximum atomic E-state index is 12.4. The molecule has 0 radical (unpaired) electrons. The van der Waals surface area contributed by atoms with Crippen LogP contribution < -0.4 is 15.4 Å². The highest BCUT2D eigenvalue weighted by Gasteiger charge is 2.46. The predicted octanol–water partition coefficient (Wildman–Crippen LogP) is 0.268. The van der Waals surface area contributed by atoms with Crippen LogP contribution in [0.15, 0.2) is 59.5 Å². The molecule has 0 bridgehead atoms. The van der Waals surface area contributed by atoms with Gasteiger partial charge in [0, 0.05) is 5.69 Å². The second-order valence-electron chi connectivity index (χ2n) is 5.77. The fraction of sp³-hybridized carbons (Fsp3) is 0.0588. The van der Waals surface area contributed by atoms with E-state index in [0.29, 0.717) is 9.80 Å². The summed E-state index contributed by atoms with van der Waals surface area (Å²) < 4.78 is 22.4. The zero-order chi connectivity index (χ0) is 20.5. The third-order valence-electron chi connectivity index (χ3n) is 3.84. The van der Waals surface area contributed by atoms with Gasteiger partial charge >= 0.3 is 17.8 Å². The number of nitrogens with zero attached hydrogens (tertiary/aromatic N) is 2. The van der Waals surface area contributed by atoms with Crippen LogP contribution in [-0.2, 0) is 24.4 Å². The molecule has 1 aliphatic rings. The van der Waals surface area contributed by atoms with E-state index in [-0.39, 0.29) is 16.3 Å². The van der Waals surface area contributed by atoms with Gasteiger partial charge < -0.3 is 5.32 Å². The van der Waals surface area contributed by atoms with Crippen molar-refractivity contribution in [2.45, 2.75) is 4.90 Å². The van der Waals surface area contributed by atoms with Crippen molar-refractivity contribution in [1.82, 2.24) is 4.90 Å². The Labute approximate surface area is 159 Å². The maximum absolute atomic E-state index is 12.4. The summed E-state index contributed by atoms with van der Waals surface area (Å²) in [6, 6.07) is 11.9. The van der Waals surface area contributed by atoms with E-state index in [0.717, 1.165) is 0 Å². The number of para-hydroxylation sites is 1. The Morgan fingerprint density at radius 3 is 2.11 bits per heavy atom. The van der Waals surface area contributed by atoms with Crippen molar-refractivity contribution in [1.29, 1.82) is 0 Å². The van der Waals surface area contributed by atoms with E-state index < -0.39 is 40.3 Å². The number of primary sulfonamides is 1. The molecule has 10 nitrogen and oxygen atoms in total. The average molecular weight is 402 g/mol. The van der Waals surface area contributed by atoms with E-state index in [4.69, 9.17) is 5.14 Å². The van der Waals surface area contributed by atoms with Crippen molar-refractivity contribution in [2.24, 2.45) is 5.14 Å². The number of urea groups is 1. The number of carbonyl (C=O) groups is 4. The van der Waals surface area contributed by atoms with Crippen LogP contribution in [0.25, 0.3) is 0 Å². The highest BCUT2D eigenvalue weighted by atomic mass is 32.2. The number of carbonyl (C=O) groups excluding carboxylic acids is 4. The molecule has 2 aromatic rings. The minimum Gasteiger partial charge on any atom is -0.325 e. The summed E-state index contributed by atoms with van der Waals surface area (Å²) in [5.41, 5.74) is 0.440. The molecular weight excluding hydrogens is 388 g/mol. The molecule has 1 heterocycles. The molecule has 0 saturated carbocycles. The SMILES string of the molecule is NS(=O)(=O)c1ccc(NC(=O)CN2C(=O)C(=O)N(c3ccccc3)C2=O)cc1. The number of hydrogen-bond donors (Lipinski definition) is 2. The van der Waals surface area contributed by atoms with Crippen LogP contribution in [0.3, 0.4) is 0 Å². The second kappa shape index (κ2) is 7.21. The average Bonchev–Trinajstić information content (AvgIpc) is 2.85. The van der Waals surface area contributed by atoms with E-state index in [1.807, 2.05) is 0 Å². The lowest BCUT2D eigenvalue weighted by atomic mass is 10.3. The summed E-state index contributed by atoms with van der Waals surface area (Å²) in [6.07, 6.45) is 0. The number of hydrogen-bond acceptors (Lipinski definition) is 6. The largest absolute Gasteiger partial charge is 0.339 e. The van der Waals surface area contributed by atoms with Crippen molar-refractivity contribution >= 4 is 45.2 Å². The number of nitrogens with two attached hydrogens (primary N) is 1. The van der Waals surface area contributed by atoms with Gasteiger partial charge in [-0.05, 0) is 36.4 Å². The first-order valence-electron chi connectivity index (χ1n) is 7.86. The number of nitrogens with one attached hydrogen (secondary N) is 1. The number of rotatable bonds is 5. The minimum absolute atomic E-state index is 0.139. The van der Waals surface area contributed by atoms with E-state index in [1.165, 1.54) is 36.4 Å². The summed E-state index contributed by atoms with van der Waals surface area (Å²) >= 11 is 0. The Balaban J connectivity index is 1.71. The standard InChI is InChI=1S/C17H14N4O6S/c18-28(26,27)13-8-6-11(7-9-13)19-14(22)10-20-15(23)16(24)21(17(20)25)12-4-2-1-3-5-12/h1-9H,10H2,(H,19,22)(H2,18,26,27). The van der Waals surface area contributed by atoms with Gasteiger partial charge in [-0.2, -0.15) is 0 Å². The topological polar surface area (TPSA) is 147 Å². The minimum atomic E-state index is -3.87. The van der Waals surface area contributed by atoms with Crippen molar-refractivity contribution < 1.29 is 27.6 Å². The van der Waals surface area contributed by atoms with Crippen LogP contribution in [-0.4, -0.2) is 43.6 Å². The van der Waals surface area contributed by atoms with Crippen molar-refractivity contribution in [3.8, 4) is 0 Å². The van der Waals surface area contributed by atoms with E-state index in [2.05, 4.69) is 5.32 Å². The van der Waals surface area contributed by atoms with Crippen LogP contribution in [0.1, 0.15) is 0 Å². The Morgan fingerprint density at radius 2 is 1.54 bits per heavy atom. The molecule has 3 rings (SSSR count). The molecule has 1 aliphatic heterocycles. The van der Waals surface area contributed by atoms with E-state index >= 15 is 0 Å². The Kier molecular flexibility index (Phi) is 4.94.